The minimum atomic E-state index is -0.259. The lowest BCUT2D eigenvalue weighted by Crippen LogP contribution is -2.40. The van der Waals surface area contributed by atoms with Gasteiger partial charge in [-0.05, 0) is 36.2 Å². The molecule has 1 amide bonds. The van der Waals surface area contributed by atoms with Gasteiger partial charge in [0.15, 0.2) is 0 Å². The highest BCUT2D eigenvalue weighted by atomic mass is 16.2. The Bertz CT molecular complexity index is 624. The van der Waals surface area contributed by atoms with Gasteiger partial charge in [-0.2, -0.15) is 0 Å². The van der Waals surface area contributed by atoms with Crippen LogP contribution in [0.5, 0.6) is 0 Å². The highest BCUT2D eigenvalue weighted by Crippen LogP contribution is 2.25. The maximum atomic E-state index is 12.3. The van der Waals surface area contributed by atoms with Gasteiger partial charge in [-0.15, -0.1) is 0 Å². The molecular formula is C17H20N2O. The molecule has 1 fully saturated rings. The zero-order chi connectivity index (χ0) is 14.0. The standard InChI is InChI=1S/C17H20N2O/c1-17(9-10-18-12-17)16(20)19-11-14-7-4-6-13-5-2-3-8-15(13)14/h2-8,18H,9-12H2,1H3,(H,19,20). The van der Waals surface area contributed by atoms with Crippen LogP contribution in [-0.4, -0.2) is 19.0 Å². The van der Waals surface area contributed by atoms with Crippen molar-refractivity contribution < 1.29 is 4.79 Å². The van der Waals surface area contributed by atoms with Crippen LogP contribution in [-0.2, 0) is 11.3 Å². The summed E-state index contributed by atoms with van der Waals surface area (Å²) in [7, 11) is 0. The Hall–Kier alpha value is -1.87. The van der Waals surface area contributed by atoms with Crippen molar-refractivity contribution in [1.29, 1.82) is 0 Å². The highest BCUT2D eigenvalue weighted by Gasteiger charge is 2.35. The summed E-state index contributed by atoms with van der Waals surface area (Å²) in [5.41, 5.74) is 0.913. The molecule has 104 valence electrons. The van der Waals surface area contributed by atoms with Crippen LogP contribution in [0.2, 0.25) is 0 Å². The molecule has 1 atom stereocenters. The van der Waals surface area contributed by atoms with Gasteiger partial charge < -0.3 is 10.6 Å². The second-order valence-corrected chi connectivity index (χ2v) is 5.81. The average Bonchev–Trinajstić information content (AvgIpc) is 2.93. The molecule has 0 saturated carbocycles. The number of carbonyl (C=O) groups excluding carboxylic acids is 1. The molecule has 2 N–H and O–H groups in total. The number of carbonyl (C=O) groups is 1. The predicted octanol–water partition coefficient (Wildman–Crippen LogP) is 2.46. The summed E-state index contributed by atoms with van der Waals surface area (Å²) >= 11 is 0. The second kappa shape index (κ2) is 5.25. The lowest BCUT2D eigenvalue weighted by molar-refractivity contribution is -0.129. The molecule has 0 bridgehead atoms. The number of rotatable bonds is 3. The largest absolute Gasteiger partial charge is 0.351 e. The van der Waals surface area contributed by atoms with Gasteiger partial charge in [0, 0.05) is 13.1 Å². The first-order valence-corrected chi connectivity index (χ1v) is 7.15. The van der Waals surface area contributed by atoms with Crippen LogP contribution >= 0.6 is 0 Å². The van der Waals surface area contributed by atoms with Gasteiger partial charge in [0.1, 0.15) is 0 Å². The topological polar surface area (TPSA) is 41.1 Å². The van der Waals surface area contributed by atoms with Gasteiger partial charge in [-0.25, -0.2) is 0 Å². The molecule has 1 aliphatic rings. The minimum Gasteiger partial charge on any atom is -0.351 e. The normalized spacial score (nSPS) is 22.1. The van der Waals surface area contributed by atoms with E-state index in [0.717, 1.165) is 19.5 Å². The Labute approximate surface area is 119 Å². The summed E-state index contributed by atoms with van der Waals surface area (Å²) in [5.74, 6) is 0.149. The van der Waals surface area contributed by atoms with Crippen molar-refractivity contribution in [3.05, 3.63) is 48.0 Å². The third kappa shape index (κ3) is 2.41. The fraction of sp³-hybridized carbons (Fsp3) is 0.353. The fourth-order valence-electron chi connectivity index (χ4n) is 2.85. The van der Waals surface area contributed by atoms with Crippen LogP contribution in [0, 0.1) is 5.41 Å². The Kier molecular flexibility index (Phi) is 3.45. The summed E-state index contributed by atoms with van der Waals surface area (Å²) in [6.45, 7) is 4.33. The molecular weight excluding hydrogens is 248 g/mol. The van der Waals surface area contributed by atoms with Gasteiger partial charge in [-0.3, -0.25) is 4.79 Å². The molecule has 2 aromatic rings. The number of benzene rings is 2. The molecule has 1 heterocycles. The molecule has 1 saturated heterocycles. The van der Waals surface area contributed by atoms with E-state index in [4.69, 9.17) is 0 Å². The van der Waals surface area contributed by atoms with Gasteiger partial charge >= 0.3 is 0 Å². The summed E-state index contributed by atoms with van der Waals surface area (Å²) in [5, 5.41) is 8.78. The SMILES string of the molecule is CC1(C(=O)NCc2cccc3ccccc23)CCNC1. The van der Waals surface area contributed by atoms with E-state index in [0.29, 0.717) is 6.54 Å². The molecule has 0 aliphatic carbocycles. The summed E-state index contributed by atoms with van der Waals surface area (Å²) in [4.78, 5) is 12.3. The van der Waals surface area contributed by atoms with Crippen molar-refractivity contribution in [2.75, 3.05) is 13.1 Å². The van der Waals surface area contributed by atoms with E-state index < -0.39 is 0 Å². The molecule has 3 heteroatoms. The zero-order valence-corrected chi connectivity index (χ0v) is 11.8. The van der Waals surface area contributed by atoms with E-state index in [1.54, 1.807) is 0 Å². The van der Waals surface area contributed by atoms with Crippen LogP contribution in [0.1, 0.15) is 18.9 Å². The summed E-state index contributed by atoms with van der Waals surface area (Å²) in [6, 6.07) is 14.5. The lowest BCUT2D eigenvalue weighted by Gasteiger charge is -2.21. The first-order valence-electron chi connectivity index (χ1n) is 7.15. The Morgan fingerprint density at radius 1 is 1.25 bits per heavy atom. The van der Waals surface area contributed by atoms with E-state index in [-0.39, 0.29) is 11.3 Å². The first kappa shape index (κ1) is 13.1. The van der Waals surface area contributed by atoms with Crippen molar-refractivity contribution in [3.63, 3.8) is 0 Å². The minimum absolute atomic E-state index is 0.149. The number of amides is 1. The molecule has 20 heavy (non-hydrogen) atoms. The quantitative estimate of drug-likeness (QED) is 0.898. The number of fused-ring (bicyclic) bond motifs is 1. The maximum absolute atomic E-state index is 12.3. The van der Waals surface area contributed by atoms with Crippen molar-refractivity contribution in [2.24, 2.45) is 5.41 Å². The molecule has 1 unspecified atom stereocenters. The maximum Gasteiger partial charge on any atom is 0.227 e. The van der Waals surface area contributed by atoms with E-state index in [2.05, 4.69) is 34.9 Å². The summed E-state index contributed by atoms with van der Waals surface area (Å²) in [6.07, 6.45) is 0.911. The third-order valence-corrected chi connectivity index (χ3v) is 4.24. The molecule has 3 rings (SSSR count). The van der Waals surface area contributed by atoms with Crippen molar-refractivity contribution >= 4 is 16.7 Å². The summed E-state index contributed by atoms with van der Waals surface area (Å²) < 4.78 is 0. The molecule has 2 aromatic carbocycles. The van der Waals surface area contributed by atoms with Crippen LogP contribution in [0.25, 0.3) is 10.8 Å². The van der Waals surface area contributed by atoms with Gasteiger partial charge in [-0.1, -0.05) is 42.5 Å². The number of hydrogen-bond acceptors (Lipinski definition) is 2. The predicted molar refractivity (Wildman–Crippen MR) is 81.4 cm³/mol. The van der Waals surface area contributed by atoms with E-state index >= 15 is 0 Å². The van der Waals surface area contributed by atoms with E-state index in [1.807, 2.05) is 25.1 Å². The number of hydrogen-bond donors (Lipinski definition) is 2. The van der Waals surface area contributed by atoms with E-state index in [1.165, 1.54) is 16.3 Å². The van der Waals surface area contributed by atoms with E-state index in [9.17, 15) is 4.79 Å². The molecule has 0 aromatic heterocycles. The van der Waals surface area contributed by atoms with Crippen molar-refractivity contribution in [1.82, 2.24) is 10.6 Å². The van der Waals surface area contributed by atoms with Crippen LogP contribution < -0.4 is 10.6 Å². The molecule has 0 spiro atoms. The Morgan fingerprint density at radius 2 is 2.05 bits per heavy atom. The number of nitrogens with one attached hydrogen (secondary N) is 2. The highest BCUT2D eigenvalue weighted by molar-refractivity contribution is 5.87. The lowest BCUT2D eigenvalue weighted by atomic mass is 9.88. The smallest absolute Gasteiger partial charge is 0.227 e. The van der Waals surface area contributed by atoms with Crippen molar-refractivity contribution in [2.45, 2.75) is 19.9 Å². The zero-order valence-electron chi connectivity index (χ0n) is 11.8. The first-order chi connectivity index (χ1) is 9.69. The Morgan fingerprint density at radius 3 is 2.85 bits per heavy atom. The second-order valence-electron chi connectivity index (χ2n) is 5.81. The molecule has 0 radical (unpaired) electrons. The third-order valence-electron chi connectivity index (χ3n) is 4.24. The molecule has 1 aliphatic heterocycles. The van der Waals surface area contributed by atoms with Crippen LogP contribution in [0.3, 0.4) is 0 Å². The Balaban J connectivity index is 1.76. The monoisotopic (exact) mass is 268 g/mol. The van der Waals surface area contributed by atoms with Crippen LogP contribution in [0.4, 0.5) is 0 Å². The molecule has 3 nitrogen and oxygen atoms in total. The van der Waals surface area contributed by atoms with Crippen LogP contribution in [0.15, 0.2) is 42.5 Å². The van der Waals surface area contributed by atoms with Crippen molar-refractivity contribution in [3.8, 4) is 0 Å². The average molecular weight is 268 g/mol. The van der Waals surface area contributed by atoms with Gasteiger partial charge in [0.25, 0.3) is 0 Å². The van der Waals surface area contributed by atoms with Gasteiger partial charge in [0.2, 0.25) is 5.91 Å². The van der Waals surface area contributed by atoms with Gasteiger partial charge in [0.05, 0.1) is 5.41 Å². The fourth-order valence-corrected chi connectivity index (χ4v) is 2.85.